The number of piperidine rings is 1. The Bertz CT molecular complexity index is 901. The number of nitrogens with two attached hydrogens (primary N) is 2. The maximum atomic E-state index is 11.8. The van der Waals surface area contributed by atoms with Crippen molar-refractivity contribution in [3.8, 4) is 17.0 Å². The Hall–Kier alpha value is -2.51. The molecule has 156 valence electrons. The molecule has 1 amide bonds. The molecule has 0 saturated carbocycles. The lowest BCUT2D eigenvalue weighted by Gasteiger charge is -2.31. The minimum atomic E-state index is -0.0430. The fourth-order valence-electron chi connectivity index (χ4n) is 3.65. The van der Waals surface area contributed by atoms with E-state index in [9.17, 15) is 4.79 Å². The van der Waals surface area contributed by atoms with Crippen LogP contribution in [0.1, 0.15) is 38.3 Å². The van der Waals surface area contributed by atoms with Crippen LogP contribution in [0.4, 0.5) is 5.82 Å². The molecule has 0 spiro atoms. The molecule has 0 aliphatic carbocycles. The molecule has 8 heteroatoms. The lowest BCUT2D eigenvalue weighted by atomic mass is 10.0. The number of anilines is 1. The quantitative estimate of drug-likeness (QED) is 0.702. The van der Waals surface area contributed by atoms with Crippen LogP contribution in [0.5, 0.6) is 5.75 Å². The summed E-state index contributed by atoms with van der Waals surface area (Å²) >= 11 is 6.41. The predicted octanol–water partition coefficient (Wildman–Crippen LogP) is 3.38. The van der Waals surface area contributed by atoms with E-state index in [2.05, 4.69) is 6.58 Å². The van der Waals surface area contributed by atoms with Crippen LogP contribution in [0, 0.1) is 0 Å². The van der Waals surface area contributed by atoms with Crippen LogP contribution in [0.15, 0.2) is 30.9 Å². The number of nitrogens with zero attached hydrogens (tertiary/aromatic N) is 3. The first-order chi connectivity index (χ1) is 13.8. The highest BCUT2D eigenvalue weighted by Gasteiger charge is 2.27. The Morgan fingerprint density at radius 3 is 2.66 bits per heavy atom. The molecule has 1 aromatic heterocycles. The van der Waals surface area contributed by atoms with Crippen LogP contribution < -0.4 is 16.2 Å². The zero-order chi connectivity index (χ0) is 21.1. The number of halogens is 1. The summed E-state index contributed by atoms with van der Waals surface area (Å²) in [7, 11) is 0. The normalized spacial score (nSPS) is 15.0. The number of likely N-dealkylation sites (tertiary alicyclic amines) is 1. The lowest BCUT2D eigenvalue weighted by Crippen LogP contribution is -2.38. The van der Waals surface area contributed by atoms with Crippen molar-refractivity contribution in [2.24, 2.45) is 5.73 Å². The Morgan fingerprint density at radius 2 is 2.10 bits per heavy atom. The second-order valence-corrected chi connectivity index (χ2v) is 7.84. The number of amides is 1. The molecule has 0 atom stereocenters. The molecule has 29 heavy (non-hydrogen) atoms. The minimum absolute atomic E-state index is 0.0339. The van der Waals surface area contributed by atoms with E-state index in [1.807, 2.05) is 36.7 Å². The maximum Gasteiger partial charge on any atom is 0.245 e. The van der Waals surface area contributed by atoms with Gasteiger partial charge in [0.2, 0.25) is 5.91 Å². The first-order valence-corrected chi connectivity index (χ1v) is 10.2. The molecule has 1 aliphatic heterocycles. The summed E-state index contributed by atoms with van der Waals surface area (Å²) in [5, 5.41) is 5.30. The summed E-state index contributed by atoms with van der Waals surface area (Å²) in [4.78, 5) is 13.6. The van der Waals surface area contributed by atoms with Crippen molar-refractivity contribution in [1.29, 1.82) is 0 Å². The van der Waals surface area contributed by atoms with E-state index >= 15 is 0 Å². The molecule has 1 aliphatic rings. The van der Waals surface area contributed by atoms with Crippen molar-refractivity contribution in [1.82, 2.24) is 14.7 Å². The van der Waals surface area contributed by atoms with Gasteiger partial charge < -0.3 is 21.1 Å². The van der Waals surface area contributed by atoms with Crippen molar-refractivity contribution in [3.63, 3.8) is 0 Å². The molecule has 0 bridgehead atoms. The second kappa shape index (κ2) is 8.88. The van der Waals surface area contributed by atoms with Crippen molar-refractivity contribution in [3.05, 3.63) is 41.4 Å². The summed E-state index contributed by atoms with van der Waals surface area (Å²) in [6, 6.07) is 5.70. The van der Waals surface area contributed by atoms with Gasteiger partial charge in [-0.05, 0) is 51.0 Å². The van der Waals surface area contributed by atoms with Gasteiger partial charge in [0, 0.05) is 30.8 Å². The fourth-order valence-corrected chi connectivity index (χ4v) is 3.88. The van der Waals surface area contributed by atoms with E-state index in [1.54, 1.807) is 4.90 Å². The molecule has 4 N–H and O–H groups in total. The Balaban J connectivity index is 1.88. The van der Waals surface area contributed by atoms with Crippen molar-refractivity contribution in [2.45, 2.75) is 45.4 Å². The average molecular weight is 418 g/mol. The molecule has 7 nitrogen and oxygen atoms in total. The number of carbonyl (C=O) groups excluding carboxylic acids is 1. The highest BCUT2D eigenvalue weighted by atomic mass is 35.5. The van der Waals surface area contributed by atoms with Crippen molar-refractivity contribution < 1.29 is 9.53 Å². The Morgan fingerprint density at radius 1 is 1.41 bits per heavy atom. The van der Waals surface area contributed by atoms with Gasteiger partial charge in [-0.15, -0.1) is 0 Å². The largest absolute Gasteiger partial charge is 0.489 e. The van der Waals surface area contributed by atoms with Gasteiger partial charge in [-0.2, -0.15) is 5.10 Å². The zero-order valence-corrected chi connectivity index (χ0v) is 17.7. The number of benzene rings is 1. The van der Waals surface area contributed by atoms with Gasteiger partial charge >= 0.3 is 0 Å². The molecular weight excluding hydrogens is 390 g/mol. The van der Waals surface area contributed by atoms with Crippen molar-refractivity contribution in [2.75, 3.05) is 18.8 Å². The van der Waals surface area contributed by atoms with E-state index in [0.717, 1.165) is 29.7 Å². The van der Waals surface area contributed by atoms with Crippen LogP contribution >= 0.6 is 11.6 Å². The molecule has 0 unspecified atom stereocenters. The average Bonchev–Trinajstić information content (AvgIpc) is 3.05. The summed E-state index contributed by atoms with van der Waals surface area (Å²) < 4.78 is 7.56. The van der Waals surface area contributed by atoms with Gasteiger partial charge in [-0.1, -0.05) is 18.2 Å². The van der Waals surface area contributed by atoms with E-state index in [-0.39, 0.29) is 24.6 Å². The second-order valence-electron chi connectivity index (χ2n) is 7.43. The van der Waals surface area contributed by atoms with E-state index < -0.39 is 0 Å². The molecule has 1 aromatic carbocycles. The monoisotopic (exact) mass is 417 g/mol. The van der Waals surface area contributed by atoms with E-state index in [0.29, 0.717) is 29.7 Å². The topological polar surface area (TPSA) is 99.4 Å². The highest BCUT2D eigenvalue weighted by Crippen LogP contribution is 2.35. The number of nitrogen functional groups attached to an aromatic ring is 1. The van der Waals surface area contributed by atoms with Gasteiger partial charge in [0.05, 0.1) is 22.9 Å². The standard InChI is InChI=1S/C21H28ClN5O2/c1-4-19(28)26-9-7-15(8-10-26)27-21(24)16(12-23)20(25-27)14-5-6-18(17(22)11-14)29-13(2)3/h4-6,11,13,15H,1,7-10,12,23-24H2,2-3H3. The van der Waals surface area contributed by atoms with E-state index in [1.165, 1.54) is 6.08 Å². The smallest absolute Gasteiger partial charge is 0.245 e. The number of rotatable bonds is 6. The summed E-state index contributed by atoms with van der Waals surface area (Å²) in [6.07, 6.45) is 2.93. The third-order valence-electron chi connectivity index (χ3n) is 5.12. The molecule has 2 aromatic rings. The zero-order valence-electron chi connectivity index (χ0n) is 16.9. The predicted molar refractivity (Wildman–Crippen MR) is 116 cm³/mol. The fraction of sp³-hybridized carbons (Fsp3) is 0.429. The first kappa shape index (κ1) is 21.2. The van der Waals surface area contributed by atoms with Crippen LogP contribution in [0.2, 0.25) is 5.02 Å². The van der Waals surface area contributed by atoms with E-state index in [4.69, 9.17) is 32.9 Å². The maximum absolute atomic E-state index is 11.8. The van der Waals surface area contributed by atoms with Crippen LogP contribution in [-0.4, -0.2) is 39.8 Å². The minimum Gasteiger partial charge on any atom is -0.489 e. The third kappa shape index (κ3) is 4.41. The first-order valence-electron chi connectivity index (χ1n) is 9.80. The summed E-state index contributed by atoms with van der Waals surface area (Å²) in [6.45, 7) is 9.03. The molecule has 2 heterocycles. The molecule has 3 rings (SSSR count). The van der Waals surface area contributed by atoms with Crippen LogP contribution in [-0.2, 0) is 11.3 Å². The van der Waals surface area contributed by atoms with Gasteiger partial charge in [0.1, 0.15) is 11.6 Å². The Kier molecular flexibility index (Phi) is 6.49. The van der Waals surface area contributed by atoms with Gasteiger partial charge in [0.25, 0.3) is 0 Å². The number of hydrogen-bond acceptors (Lipinski definition) is 5. The third-order valence-corrected chi connectivity index (χ3v) is 5.41. The van der Waals surface area contributed by atoms with Gasteiger partial charge in [-0.25, -0.2) is 4.68 Å². The molecule has 1 saturated heterocycles. The van der Waals surface area contributed by atoms with Crippen LogP contribution in [0.3, 0.4) is 0 Å². The van der Waals surface area contributed by atoms with Gasteiger partial charge in [-0.3, -0.25) is 4.79 Å². The van der Waals surface area contributed by atoms with Gasteiger partial charge in [0.15, 0.2) is 0 Å². The number of aromatic nitrogens is 2. The number of carbonyl (C=O) groups is 1. The molecular formula is C21H28ClN5O2. The lowest BCUT2D eigenvalue weighted by molar-refractivity contribution is -0.127. The SMILES string of the molecule is C=CC(=O)N1CCC(n2nc(-c3ccc(OC(C)C)c(Cl)c3)c(CN)c2N)CC1. The Labute approximate surface area is 176 Å². The number of hydrogen-bond donors (Lipinski definition) is 2. The van der Waals surface area contributed by atoms with Crippen LogP contribution in [0.25, 0.3) is 11.3 Å². The highest BCUT2D eigenvalue weighted by molar-refractivity contribution is 6.32. The summed E-state index contributed by atoms with van der Waals surface area (Å²) in [5.41, 5.74) is 14.8. The summed E-state index contributed by atoms with van der Waals surface area (Å²) in [5.74, 6) is 1.15. The molecule has 0 radical (unpaired) electrons. The van der Waals surface area contributed by atoms with Crippen molar-refractivity contribution >= 4 is 23.3 Å². The number of ether oxygens (including phenoxy) is 1. The molecule has 1 fully saturated rings.